The second-order valence-corrected chi connectivity index (χ2v) is 2.93. The number of hydrogen-bond acceptors (Lipinski definition) is 3. The van der Waals surface area contributed by atoms with Crippen LogP contribution in [0.3, 0.4) is 0 Å². The van der Waals surface area contributed by atoms with Crippen molar-refractivity contribution in [1.29, 1.82) is 0 Å². The maximum Gasteiger partial charge on any atom is 0.258 e. The van der Waals surface area contributed by atoms with Crippen molar-refractivity contribution in [3.8, 4) is 0 Å². The third-order valence-corrected chi connectivity index (χ3v) is 1.99. The lowest BCUT2D eigenvalue weighted by Gasteiger charge is -2.00. The van der Waals surface area contributed by atoms with Crippen molar-refractivity contribution < 1.29 is 9.53 Å². The van der Waals surface area contributed by atoms with Gasteiger partial charge in [0.05, 0.1) is 11.0 Å². The van der Waals surface area contributed by atoms with E-state index in [1.54, 1.807) is 0 Å². The molecule has 0 spiro atoms. The molecule has 2 rings (SSSR count). The summed E-state index contributed by atoms with van der Waals surface area (Å²) in [5.41, 5.74) is 1.63. The molecule has 0 N–H and O–H groups in total. The molecule has 0 radical (unpaired) electrons. The first-order valence-corrected chi connectivity index (χ1v) is 4.27. The van der Waals surface area contributed by atoms with Gasteiger partial charge in [-0.3, -0.25) is 9.36 Å². The summed E-state index contributed by atoms with van der Waals surface area (Å²) in [4.78, 5) is 15.6. The number of ether oxygens (including phenoxy) is 1. The molecule has 0 aliphatic rings. The van der Waals surface area contributed by atoms with Crippen LogP contribution < -0.4 is 0 Å². The molecule has 4 nitrogen and oxygen atoms in total. The van der Waals surface area contributed by atoms with Gasteiger partial charge in [0.15, 0.2) is 0 Å². The number of carbonyl (C=O) groups is 1. The quantitative estimate of drug-likeness (QED) is 0.717. The molecule has 2 aromatic rings. The van der Waals surface area contributed by atoms with Crippen LogP contribution in [0.25, 0.3) is 11.0 Å². The Morgan fingerprint density at radius 2 is 2.29 bits per heavy atom. The van der Waals surface area contributed by atoms with Crippen molar-refractivity contribution in [2.75, 3.05) is 13.7 Å². The van der Waals surface area contributed by atoms with Crippen molar-refractivity contribution in [3.05, 3.63) is 30.6 Å². The zero-order chi connectivity index (χ0) is 9.97. The van der Waals surface area contributed by atoms with Gasteiger partial charge in [0.2, 0.25) is 0 Å². The number of methoxy groups -OCH3 is 1. The predicted octanol–water partition coefficient (Wildman–Crippen LogP) is 1.32. The van der Waals surface area contributed by atoms with Gasteiger partial charge in [0, 0.05) is 7.11 Å². The van der Waals surface area contributed by atoms with Gasteiger partial charge in [-0.1, -0.05) is 12.1 Å². The highest BCUT2D eigenvalue weighted by atomic mass is 16.5. The lowest BCUT2D eigenvalue weighted by molar-refractivity contribution is 0.0767. The standard InChI is InChI=1S/C10H10N2O2/c1-14-6-10(13)12-7-11-8-4-2-3-5-9(8)12/h2-5,7H,6H2,1H3. The van der Waals surface area contributed by atoms with Crippen molar-refractivity contribution in [2.45, 2.75) is 0 Å². The van der Waals surface area contributed by atoms with Crippen LogP contribution in [0.1, 0.15) is 4.79 Å². The Morgan fingerprint density at radius 1 is 1.50 bits per heavy atom. The molecule has 14 heavy (non-hydrogen) atoms. The van der Waals surface area contributed by atoms with Gasteiger partial charge in [-0.15, -0.1) is 0 Å². The summed E-state index contributed by atoms with van der Waals surface area (Å²) in [6.07, 6.45) is 1.52. The maximum absolute atomic E-state index is 11.5. The van der Waals surface area contributed by atoms with Crippen LogP contribution in [-0.2, 0) is 4.74 Å². The summed E-state index contributed by atoms with van der Waals surface area (Å²) in [6, 6.07) is 7.49. The number of nitrogens with zero attached hydrogens (tertiary/aromatic N) is 2. The smallest absolute Gasteiger partial charge is 0.258 e. The molecule has 0 saturated heterocycles. The van der Waals surface area contributed by atoms with Gasteiger partial charge in [-0.25, -0.2) is 4.98 Å². The van der Waals surface area contributed by atoms with Crippen LogP contribution >= 0.6 is 0 Å². The minimum Gasteiger partial charge on any atom is -0.375 e. The molecule has 0 saturated carbocycles. The molecule has 0 aliphatic heterocycles. The molecular weight excluding hydrogens is 180 g/mol. The van der Waals surface area contributed by atoms with Crippen molar-refractivity contribution in [1.82, 2.24) is 9.55 Å². The number of imidazole rings is 1. The third-order valence-electron chi connectivity index (χ3n) is 1.99. The normalized spacial score (nSPS) is 10.6. The molecule has 1 heterocycles. The fourth-order valence-electron chi connectivity index (χ4n) is 1.35. The Hall–Kier alpha value is -1.68. The van der Waals surface area contributed by atoms with Crippen LogP contribution in [-0.4, -0.2) is 29.2 Å². The first-order chi connectivity index (χ1) is 6.83. The number of para-hydroxylation sites is 2. The van der Waals surface area contributed by atoms with Crippen LogP contribution in [0.5, 0.6) is 0 Å². The monoisotopic (exact) mass is 190 g/mol. The van der Waals surface area contributed by atoms with E-state index in [2.05, 4.69) is 4.98 Å². The van der Waals surface area contributed by atoms with Crippen molar-refractivity contribution in [2.24, 2.45) is 0 Å². The van der Waals surface area contributed by atoms with E-state index in [4.69, 9.17) is 4.74 Å². The topological polar surface area (TPSA) is 44.1 Å². The Morgan fingerprint density at radius 3 is 3.07 bits per heavy atom. The van der Waals surface area contributed by atoms with Crippen molar-refractivity contribution in [3.63, 3.8) is 0 Å². The first kappa shape index (κ1) is 8.90. The molecular formula is C10H10N2O2. The molecule has 0 atom stereocenters. The van der Waals surface area contributed by atoms with Crippen LogP contribution in [0, 0.1) is 0 Å². The van der Waals surface area contributed by atoms with E-state index in [9.17, 15) is 4.79 Å². The third kappa shape index (κ3) is 1.40. The fraction of sp³-hybridized carbons (Fsp3) is 0.200. The summed E-state index contributed by atoms with van der Waals surface area (Å²) in [7, 11) is 1.50. The molecule has 1 aromatic heterocycles. The number of carbonyl (C=O) groups excluding carboxylic acids is 1. The van der Waals surface area contributed by atoms with E-state index in [1.807, 2.05) is 24.3 Å². The zero-order valence-corrected chi connectivity index (χ0v) is 7.80. The second-order valence-electron chi connectivity index (χ2n) is 2.93. The van der Waals surface area contributed by atoms with E-state index < -0.39 is 0 Å². The summed E-state index contributed by atoms with van der Waals surface area (Å²) >= 11 is 0. The summed E-state index contributed by atoms with van der Waals surface area (Å²) in [5.74, 6) is -0.110. The van der Waals surface area contributed by atoms with E-state index in [1.165, 1.54) is 18.0 Å². The SMILES string of the molecule is COCC(=O)n1cnc2ccccc21. The summed E-state index contributed by atoms with van der Waals surface area (Å²) < 4.78 is 6.28. The lowest BCUT2D eigenvalue weighted by Crippen LogP contribution is -2.14. The van der Waals surface area contributed by atoms with Crippen LogP contribution in [0.15, 0.2) is 30.6 Å². The highest BCUT2D eigenvalue weighted by Crippen LogP contribution is 2.11. The average molecular weight is 190 g/mol. The highest BCUT2D eigenvalue weighted by Gasteiger charge is 2.08. The molecule has 0 aliphatic carbocycles. The zero-order valence-electron chi connectivity index (χ0n) is 7.80. The molecule has 1 aromatic carbocycles. The van der Waals surface area contributed by atoms with Gasteiger partial charge >= 0.3 is 0 Å². The van der Waals surface area contributed by atoms with Crippen molar-refractivity contribution >= 4 is 16.9 Å². The van der Waals surface area contributed by atoms with E-state index in [0.29, 0.717) is 0 Å². The second kappa shape index (κ2) is 3.59. The summed E-state index contributed by atoms with van der Waals surface area (Å²) in [5, 5.41) is 0. The Balaban J connectivity index is 2.47. The Labute approximate surface area is 81.1 Å². The minimum absolute atomic E-state index is 0.0698. The number of benzene rings is 1. The molecule has 72 valence electrons. The average Bonchev–Trinajstić information content (AvgIpc) is 2.61. The number of rotatable bonds is 2. The number of aromatic nitrogens is 2. The van der Waals surface area contributed by atoms with Gasteiger partial charge in [0.25, 0.3) is 5.91 Å². The molecule has 0 fully saturated rings. The van der Waals surface area contributed by atoms with Crippen LogP contribution in [0.2, 0.25) is 0 Å². The first-order valence-electron chi connectivity index (χ1n) is 4.27. The molecule has 0 amide bonds. The van der Waals surface area contributed by atoms with E-state index >= 15 is 0 Å². The summed E-state index contributed by atoms with van der Waals surface area (Å²) in [6.45, 7) is 0.0698. The lowest BCUT2D eigenvalue weighted by atomic mass is 10.3. The maximum atomic E-state index is 11.5. The van der Waals surface area contributed by atoms with E-state index in [0.717, 1.165) is 11.0 Å². The molecule has 4 heteroatoms. The fourth-order valence-corrected chi connectivity index (χ4v) is 1.35. The Kier molecular flexibility index (Phi) is 2.28. The Bertz CT molecular complexity index is 462. The minimum atomic E-state index is -0.110. The number of fused-ring (bicyclic) bond motifs is 1. The van der Waals surface area contributed by atoms with Crippen LogP contribution in [0.4, 0.5) is 0 Å². The molecule has 0 unspecified atom stereocenters. The van der Waals surface area contributed by atoms with Gasteiger partial charge in [0.1, 0.15) is 12.9 Å². The predicted molar refractivity (Wildman–Crippen MR) is 52.2 cm³/mol. The van der Waals surface area contributed by atoms with Gasteiger partial charge in [-0.2, -0.15) is 0 Å². The van der Waals surface area contributed by atoms with Gasteiger partial charge < -0.3 is 4.74 Å². The highest BCUT2D eigenvalue weighted by molar-refractivity contribution is 5.90. The number of hydrogen-bond donors (Lipinski definition) is 0. The van der Waals surface area contributed by atoms with E-state index in [-0.39, 0.29) is 12.5 Å². The van der Waals surface area contributed by atoms with Gasteiger partial charge in [-0.05, 0) is 12.1 Å². The largest absolute Gasteiger partial charge is 0.375 e. The molecule has 0 bridgehead atoms.